The summed E-state index contributed by atoms with van der Waals surface area (Å²) in [4.78, 5) is 33.4. The Morgan fingerprint density at radius 3 is 2.70 bits per heavy atom. The molecule has 2 atom stereocenters. The lowest BCUT2D eigenvalue weighted by Crippen LogP contribution is -2.41. The van der Waals surface area contributed by atoms with Crippen molar-refractivity contribution in [3.8, 4) is 34.5 Å². The highest BCUT2D eigenvalue weighted by atomic mass is 16.5. The van der Waals surface area contributed by atoms with Gasteiger partial charge in [0.25, 0.3) is 5.56 Å². The molecular formula is C29H27N7O4. The standard InChI is InChI=1S/C29H27N7O4/c30-14-19-3-1-5-21(11-19)25-7-8-27(38)36(35-25)18-20-4-2-6-22(12-20)28-33-16-24(17-34-28)40-10-9-31-29(39)26-13-23(37)15-32-26/h1-8,11-12,16-17,23,26,32,37H,9-10,13,15,18H2,(H,31,39)/t23-,26+/m1/s1. The zero-order valence-corrected chi connectivity index (χ0v) is 21.5. The number of carbonyl (C=O) groups excluding carboxylic acids is 1. The summed E-state index contributed by atoms with van der Waals surface area (Å²) in [7, 11) is 0. The van der Waals surface area contributed by atoms with Crippen LogP contribution in [-0.2, 0) is 11.3 Å². The van der Waals surface area contributed by atoms with Gasteiger partial charge in [-0.2, -0.15) is 10.4 Å². The van der Waals surface area contributed by atoms with E-state index in [4.69, 9.17) is 4.74 Å². The predicted molar refractivity (Wildman–Crippen MR) is 146 cm³/mol. The quantitative estimate of drug-likeness (QED) is 0.269. The minimum atomic E-state index is -0.492. The first-order valence-corrected chi connectivity index (χ1v) is 12.8. The van der Waals surface area contributed by atoms with Crippen molar-refractivity contribution in [2.24, 2.45) is 0 Å². The van der Waals surface area contributed by atoms with Gasteiger partial charge in [0, 0.05) is 23.7 Å². The van der Waals surface area contributed by atoms with Gasteiger partial charge >= 0.3 is 0 Å². The van der Waals surface area contributed by atoms with Crippen LogP contribution >= 0.6 is 0 Å². The number of nitrogens with one attached hydrogen (secondary N) is 2. The summed E-state index contributed by atoms with van der Waals surface area (Å²) in [5.41, 5.74) is 3.25. The second kappa shape index (κ2) is 12.3. The summed E-state index contributed by atoms with van der Waals surface area (Å²) in [6, 6.07) is 19.5. The third kappa shape index (κ3) is 6.55. The lowest BCUT2D eigenvalue weighted by molar-refractivity contribution is -0.123. The summed E-state index contributed by atoms with van der Waals surface area (Å²) >= 11 is 0. The van der Waals surface area contributed by atoms with E-state index in [1.165, 1.54) is 10.7 Å². The molecule has 3 N–H and O–H groups in total. The molecule has 202 valence electrons. The predicted octanol–water partition coefficient (Wildman–Crippen LogP) is 1.51. The third-order valence-electron chi connectivity index (χ3n) is 6.39. The van der Waals surface area contributed by atoms with Crippen molar-refractivity contribution in [1.82, 2.24) is 30.4 Å². The molecule has 0 spiro atoms. The van der Waals surface area contributed by atoms with Crippen LogP contribution in [0.15, 0.2) is 77.9 Å². The highest BCUT2D eigenvalue weighted by molar-refractivity contribution is 5.82. The van der Waals surface area contributed by atoms with E-state index in [0.29, 0.717) is 42.3 Å². The Bertz CT molecular complexity index is 1600. The van der Waals surface area contributed by atoms with Crippen LogP contribution in [0.2, 0.25) is 0 Å². The molecule has 3 heterocycles. The van der Waals surface area contributed by atoms with E-state index in [1.807, 2.05) is 30.3 Å². The molecule has 0 saturated carbocycles. The van der Waals surface area contributed by atoms with Gasteiger partial charge in [-0.3, -0.25) is 9.59 Å². The van der Waals surface area contributed by atoms with Gasteiger partial charge in [0.1, 0.15) is 6.61 Å². The van der Waals surface area contributed by atoms with E-state index in [0.717, 1.165) is 16.7 Å². The third-order valence-corrected chi connectivity index (χ3v) is 6.39. The molecule has 2 aromatic heterocycles. The maximum Gasteiger partial charge on any atom is 0.267 e. The van der Waals surface area contributed by atoms with E-state index in [-0.39, 0.29) is 30.7 Å². The van der Waals surface area contributed by atoms with Gasteiger partial charge in [0.15, 0.2) is 11.6 Å². The molecule has 1 aliphatic rings. The molecule has 1 fully saturated rings. The number of aliphatic hydroxyl groups is 1. The second-order valence-electron chi connectivity index (χ2n) is 9.34. The number of aromatic nitrogens is 4. The highest BCUT2D eigenvalue weighted by Crippen LogP contribution is 2.20. The number of nitrogens with zero attached hydrogens (tertiary/aromatic N) is 5. The van der Waals surface area contributed by atoms with E-state index < -0.39 is 6.10 Å². The first-order valence-electron chi connectivity index (χ1n) is 12.8. The number of amides is 1. The zero-order chi connectivity index (χ0) is 27.9. The molecule has 11 nitrogen and oxygen atoms in total. The summed E-state index contributed by atoms with van der Waals surface area (Å²) in [5.74, 6) is 0.802. The van der Waals surface area contributed by atoms with Crippen LogP contribution in [0.5, 0.6) is 5.75 Å². The monoisotopic (exact) mass is 537 g/mol. The smallest absolute Gasteiger partial charge is 0.267 e. The second-order valence-corrected chi connectivity index (χ2v) is 9.34. The Kier molecular flexibility index (Phi) is 8.20. The fourth-order valence-corrected chi connectivity index (χ4v) is 4.37. The number of rotatable bonds is 9. The molecule has 1 saturated heterocycles. The van der Waals surface area contributed by atoms with Gasteiger partial charge in [0.2, 0.25) is 5.91 Å². The lowest BCUT2D eigenvalue weighted by atomic mass is 10.1. The first-order chi connectivity index (χ1) is 19.5. The topological polar surface area (TPSA) is 155 Å². The van der Waals surface area contributed by atoms with Crippen molar-refractivity contribution in [2.45, 2.75) is 25.1 Å². The molecule has 0 aliphatic carbocycles. The molecule has 0 bridgehead atoms. The van der Waals surface area contributed by atoms with Crippen molar-refractivity contribution in [3.05, 3.63) is 94.5 Å². The number of ether oxygens (including phenoxy) is 1. The average molecular weight is 538 g/mol. The molecule has 5 rings (SSSR count). The summed E-state index contributed by atoms with van der Waals surface area (Å²) in [6.07, 6.45) is 3.04. The molecule has 1 amide bonds. The van der Waals surface area contributed by atoms with Gasteiger partial charge in [0.05, 0.1) is 55.0 Å². The maximum absolute atomic E-state index is 12.5. The molecule has 4 aromatic rings. The lowest BCUT2D eigenvalue weighted by Gasteiger charge is -2.11. The van der Waals surface area contributed by atoms with Crippen LogP contribution in [0, 0.1) is 11.3 Å². The molecule has 40 heavy (non-hydrogen) atoms. The van der Waals surface area contributed by atoms with Gasteiger partial charge in [-0.25, -0.2) is 14.6 Å². The minimum Gasteiger partial charge on any atom is -0.489 e. The van der Waals surface area contributed by atoms with Crippen LogP contribution in [0.3, 0.4) is 0 Å². The van der Waals surface area contributed by atoms with Crippen LogP contribution < -0.4 is 20.9 Å². The Morgan fingerprint density at radius 2 is 1.93 bits per heavy atom. The first kappa shape index (κ1) is 26.7. The van der Waals surface area contributed by atoms with Gasteiger partial charge < -0.3 is 20.5 Å². The summed E-state index contributed by atoms with van der Waals surface area (Å²) in [6.45, 7) is 1.24. The number of hydrogen-bond donors (Lipinski definition) is 3. The zero-order valence-electron chi connectivity index (χ0n) is 21.5. The number of aliphatic hydroxyl groups excluding tert-OH is 1. The summed E-state index contributed by atoms with van der Waals surface area (Å²) in [5, 5.41) is 29.0. The Hall–Kier alpha value is -4.92. The number of carbonyl (C=O) groups is 1. The number of nitriles is 1. The Labute approximate surface area is 230 Å². The highest BCUT2D eigenvalue weighted by Gasteiger charge is 2.27. The van der Waals surface area contributed by atoms with E-state index in [2.05, 4.69) is 31.8 Å². The van der Waals surface area contributed by atoms with E-state index >= 15 is 0 Å². The van der Waals surface area contributed by atoms with Crippen molar-refractivity contribution in [2.75, 3.05) is 19.7 Å². The van der Waals surface area contributed by atoms with Crippen LogP contribution in [0.4, 0.5) is 0 Å². The fourth-order valence-electron chi connectivity index (χ4n) is 4.37. The van der Waals surface area contributed by atoms with Gasteiger partial charge in [-0.1, -0.05) is 30.3 Å². The van der Waals surface area contributed by atoms with E-state index in [9.17, 15) is 20.0 Å². The van der Waals surface area contributed by atoms with Gasteiger partial charge in [-0.15, -0.1) is 0 Å². The largest absolute Gasteiger partial charge is 0.489 e. The number of β-amino-alcohol motifs (C(OH)–C–C–N with tert-alkyl or cyclic N) is 1. The van der Waals surface area contributed by atoms with Crippen LogP contribution in [-0.4, -0.2) is 62.6 Å². The molecule has 2 aromatic carbocycles. The Balaban J connectivity index is 1.20. The van der Waals surface area contributed by atoms with Crippen molar-refractivity contribution < 1.29 is 14.6 Å². The SMILES string of the molecule is N#Cc1cccc(-c2ccc(=O)n(Cc3cccc(-c4ncc(OCCNC(=O)[C@@H]5C[C@@H](O)CN5)cn4)c3)n2)c1. The normalized spacial score (nSPS) is 16.3. The molecule has 11 heteroatoms. The molecule has 1 aliphatic heterocycles. The number of hydrogen-bond acceptors (Lipinski definition) is 9. The average Bonchev–Trinajstić information content (AvgIpc) is 3.43. The molecular weight excluding hydrogens is 510 g/mol. The molecule has 0 radical (unpaired) electrons. The van der Waals surface area contributed by atoms with Crippen LogP contribution in [0.1, 0.15) is 17.5 Å². The molecule has 0 unspecified atom stereocenters. The number of benzene rings is 2. The van der Waals surface area contributed by atoms with Crippen LogP contribution in [0.25, 0.3) is 22.6 Å². The van der Waals surface area contributed by atoms with Crippen molar-refractivity contribution in [3.63, 3.8) is 0 Å². The fraction of sp³-hybridized carbons (Fsp3) is 0.241. The van der Waals surface area contributed by atoms with Gasteiger partial charge in [-0.05, 0) is 36.2 Å². The van der Waals surface area contributed by atoms with E-state index in [1.54, 1.807) is 36.7 Å². The van der Waals surface area contributed by atoms with Crippen molar-refractivity contribution >= 4 is 5.91 Å². The Morgan fingerprint density at radius 1 is 1.12 bits per heavy atom. The minimum absolute atomic E-state index is 0.163. The summed E-state index contributed by atoms with van der Waals surface area (Å²) < 4.78 is 7.02. The maximum atomic E-state index is 12.5. The van der Waals surface area contributed by atoms with Crippen molar-refractivity contribution in [1.29, 1.82) is 5.26 Å².